The first-order valence-electron chi connectivity index (χ1n) is 8.30. The molecule has 2 heterocycles. The van der Waals surface area contributed by atoms with E-state index in [2.05, 4.69) is 27.0 Å². The van der Waals surface area contributed by atoms with Gasteiger partial charge in [-0.3, -0.25) is 4.79 Å². The molecule has 27 heavy (non-hydrogen) atoms. The summed E-state index contributed by atoms with van der Waals surface area (Å²) >= 11 is 0. The zero-order valence-corrected chi connectivity index (χ0v) is 16.7. The van der Waals surface area contributed by atoms with Crippen LogP contribution in [-0.4, -0.2) is 37.6 Å². The second-order valence-electron chi connectivity index (χ2n) is 5.72. The summed E-state index contributed by atoms with van der Waals surface area (Å²) in [6.45, 7) is 2.37. The summed E-state index contributed by atoms with van der Waals surface area (Å²) in [5, 5.41) is 9.43. The van der Waals surface area contributed by atoms with Crippen molar-refractivity contribution in [1.82, 2.24) is 15.6 Å². The van der Waals surface area contributed by atoms with Crippen molar-refractivity contribution in [2.75, 3.05) is 32.1 Å². The molecule has 3 rings (SSSR count). The average molecular weight is 411 g/mol. The highest BCUT2D eigenvalue weighted by Gasteiger charge is 2.14. The smallest absolute Gasteiger partial charge is 0.255 e. The summed E-state index contributed by atoms with van der Waals surface area (Å²) in [5.41, 5.74) is 2.51. The number of pyridine rings is 1. The molecule has 1 aromatic heterocycles. The third-order valence-electron chi connectivity index (χ3n) is 4.05. The number of halogens is 2. The van der Waals surface area contributed by atoms with Crippen LogP contribution in [0.15, 0.2) is 54.2 Å². The Hall–Kier alpha value is -2.28. The number of aromatic nitrogens is 1. The molecule has 0 spiro atoms. The zero-order valence-electron chi connectivity index (χ0n) is 15.0. The van der Waals surface area contributed by atoms with E-state index in [9.17, 15) is 4.79 Å². The number of para-hydroxylation sites is 2. The number of carbonyl (C=O) groups is 1. The maximum Gasteiger partial charge on any atom is 0.255 e. The fourth-order valence-corrected chi connectivity index (χ4v) is 2.68. The van der Waals surface area contributed by atoms with Gasteiger partial charge < -0.3 is 20.7 Å². The monoisotopic (exact) mass is 410 g/mol. The summed E-state index contributed by atoms with van der Waals surface area (Å²) in [7, 11) is 1.61. The van der Waals surface area contributed by atoms with Crippen molar-refractivity contribution < 1.29 is 9.53 Å². The molecule has 0 radical (unpaired) electrons. The van der Waals surface area contributed by atoms with Gasteiger partial charge in [-0.25, -0.2) is 4.98 Å². The molecule has 0 saturated carbocycles. The number of nitrogens with zero attached hydrogens (tertiary/aromatic N) is 1. The molecule has 146 valence electrons. The largest absolute Gasteiger partial charge is 0.495 e. The predicted molar refractivity (Wildman–Crippen MR) is 113 cm³/mol. The van der Waals surface area contributed by atoms with Crippen LogP contribution in [0.3, 0.4) is 0 Å². The van der Waals surface area contributed by atoms with Gasteiger partial charge in [-0.1, -0.05) is 23.8 Å². The Balaban J connectivity index is 0.00000182. The summed E-state index contributed by atoms with van der Waals surface area (Å²) in [6.07, 6.45) is 4.74. The molecule has 0 aliphatic carbocycles. The number of anilines is 2. The van der Waals surface area contributed by atoms with Crippen LogP contribution in [-0.2, 0) is 0 Å². The lowest BCUT2D eigenvalue weighted by atomic mass is 10.1. The van der Waals surface area contributed by atoms with Gasteiger partial charge in [0.15, 0.2) is 0 Å². The average Bonchev–Trinajstić information content (AvgIpc) is 2.68. The predicted octanol–water partition coefficient (Wildman–Crippen LogP) is 3.33. The maximum atomic E-state index is 12.6. The van der Waals surface area contributed by atoms with E-state index in [1.807, 2.05) is 24.3 Å². The van der Waals surface area contributed by atoms with Crippen molar-refractivity contribution in [3.63, 3.8) is 0 Å². The van der Waals surface area contributed by atoms with Gasteiger partial charge in [0.1, 0.15) is 11.6 Å². The van der Waals surface area contributed by atoms with Gasteiger partial charge >= 0.3 is 0 Å². The van der Waals surface area contributed by atoms with E-state index in [0.29, 0.717) is 23.7 Å². The van der Waals surface area contributed by atoms with E-state index in [1.165, 1.54) is 5.57 Å². The third-order valence-corrected chi connectivity index (χ3v) is 4.05. The Bertz CT molecular complexity index is 784. The van der Waals surface area contributed by atoms with E-state index in [0.717, 1.165) is 25.2 Å². The first-order valence-corrected chi connectivity index (χ1v) is 8.30. The van der Waals surface area contributed by atoms with E-state index in [4.69, 9.17) is 4.74 Å². The summed E-state index contributed by atoms with van der Waals surface area (Å²) in [6, 6.07) is 11.0. The minimum atomic E-state index is -0.148. The molecule has 0 saturated heterocycles. The van der Waals surface area contributed by atoms with Crippen LogP contribution < -0.4 is 20.7 Å². The molecule has 1 aromatic carbocycles. The number of nitrogens with one attached hydrogen (secondary N) is 3. The summed E-state index contributed by atoms with van der Waals surface area (Å²) in [5.74, 6) is 1.05. The van der Waals surface area contributed by atoms with Crippen LogP contribution in [0.5, 0.6) is 5.75 Å². The molecule has 1 aliphatic heterocycles. The fourth-order valence-electron chi connectivity index (χ4n) is 2.68. The van der Waals surface area contributed by atoms with Crippen LogP contribution in [0.25, 0.3) is 0 Å². The Morgan fingerprint density at radius 2 is 2.04 bits per heavy atom. The van der Waals surface area contributed by atoms with E-state index in [-0.39, 0.29) is 30.7 Å². The lowest BCUT2D eigenvalue weighted by Gasteiger charge is -2.16. The lowest BCUT2D eigenvalue weighted by Crippen LogP contribution is -2.30. The highest BCUT2D eigenvalue weighted by atomic mass is 35.5. The second kappa shape index (κ2) is 11.4. The molecule has 0 unspecified atom stereocenters. The van der Waals surface area contributed by atoms with Gasteiger partial charge in [0.2, 0.25) is 0 Å². The number of ether oxygens (including phenoxy) is 1. The minimum absolute atomic E-state index is 0. The van der Waals surface area contributed by atoms with E-state index >= 15 is 0 Å². The van der Waals surface area contributed by atoms with Crippen molar-refractivity contribution in [2.45, 2.75) is 6.42 Å². The Morgan fingerprint density at radius 1 is 1.22 bits per heavy atom. The quantitative estimate of drug-likeness (QED) is 0.636. The second-order valence-corrected chi connectivity index (χ2v) is 5.72. The number of hydrogen-bond acceptors (Lipinski definition) is 5. The van der Waals surface area contributed by atoms with Crippen molar-refractivity contribution in [1.29, 1.82) is 0 Å². The zero-order chi connectivity index (χ0) is 17.5. The molecule has 0 fully saturated rings. The number of rotatable bonds is 6. The molecule has 3 N–H and O–H groups in total. The van der Waals surface area contributed by atoms with Crippen LogP contribution in [0, 0.1) is 0 Å². The van der Waals surface area contributed by atoms with Gasteiger partial charge in [-0.15, -0.1) is 24.8 Å². The standard InChI is InChI=1S/C19H22N4O2.2ClH/c1-25-17-7-3-2-6-16(17)23-18-15(5-4-10-21-18)19(24)22-13-14-8-11-20-12-9-14;;/h2-8,10,20H,9,11-13H2,1H3,(H,21,23)(H,22,24);2*1H. The molecule has 1 aliphatic rings. The molecule has 1 amide bonds. The molecule has 2 aromatic rings. The fraction of sp³-hybridized carbons (Fsp3) is 0.263. The van der Waals surface area contributed by atoms with Gasteiger partial charge in [0.25, 0.3) is 5.91 Å². The topological polar surface area (TPSA) is 75.3 Å². The SMILES string of the molecule is COc1ccccc1Nc1ncccc1C(=O)NCC1=CCNCC1.Cl.Cl. The third kappa shape index (κ3) is 6.13. The van der Waals surface area contributed by atoms with Crippen LogP contribution in [0.1, 0.15) is 16.8 Å². The first-order chi connectivity index (χ1) is 12.3. The molecule has 0 atom stereocenters. The molecule has 0 bridgehead atoms. The Kier molecular flexibility index (Phi) is 9.64. The first kappa shape index (κ1) is 22.8. The van der Waals surface area contributed by atoms with Crippen molar-refractivity contribution in [3.8, 4) is 5.75 Å². The van der Waals surface area contributed by atoms with Gasteiger partial charge in [0, 0.05) is 19.3 Å². The van der Waals surface area contributed by atoms with E-state index < -0.39 is 0 Å². The van der Waals surface area contributed by atoms with Crippen molar-refractivity contribution in [3.05, 3.63) is 59.8 Å². The van der Waals surface area contributed by atoms with Crippen LogP contribution in [0.2, 0.25) is 0 Å². The lowest BCUT2D eigenvalue weighted by molar-refractivity contribution is 0.0957. The van der Waals surface area contributed by atoms with Crippen molar-refractivity contribution in [2.24, 2.45) is 0 Å². The van der Waals surface area contributed by atoms with E-state index in [1.54, 1.807) is 25.4 Å². The molecule has 6 nitrogen and oxygen atoms in total. The molecular weight excluding hydrogens is 387 g/mol. The number of carbonyl (C=O) groups excluding carboxylic acids is 1. The van der Waals surface area contributed by atoms with Crippen molar-refractivity contribution >= 4 is 42.2 Å². The molecule has 8 heteroatoms. The number of amides is 1. The highest BCUT2D eigenvalue weighted by molar-refractivity contribution is 5.99. The number of hydrogen-bond donors (Lipinski definition) is 3. The summed E-state index contributed by atoms with van der Waals surface area (Å²) in [4.78, 5) is 16.9. The normalized spacial score (nSPS) is 12.7. The highest BCUT2D eigenvalue weighted by Crippen LogP contribution is 2.27. The Labute approximate surface area is 171 Å². The van der Waals surface area contributed by atoms with Gasteiger partial charge in [0.05, 0.1) is 18.4 Å². The summed E-state index contributed by atoms with van der Waals surface area (Å²) < 4.78 is 5.34. The van der Waals surface area contributed by atoms with Crippen LogP contribution >= 0.6 is 24.8 Å². The number of methoxy groups -OCH3 is 1. The van der Waals surface area contributed by atoms with Gasteiger partial charge in [-0.05, 0) is 37.2 Å². The van der Waals surface area contributed by atoms with Gasteiger partial charge in [-0.2, -0.15) is 0 Å². The minimum Gasteiger partial charge on any atom is -0.495 e. The molecular formula is C19H24Cl2N4O2. The Morgan fingerprint density at radius 3 is 2.78 bits per heavy atom. The van der Waals surface area contributed by atoms with Crippen LogP contribution in [0.4, 0.5) is 11.5 Å². The number of benzene rings is 1. The maximum absolute atomic E-state index is 12.6.